The average molecular weight is 401 g/mol. The summed E-state index contributed by atoms with van der Waals surface area (Å²) in [6.45, 7) is 2.06. The number of H-pyrrole nitrogens is 1. The fourth-order valence-corrected chi connectivity index (χ4v) is 3.24. The van der Waals surface area contributed by atoms with Crippen molar-refractivity contribution in [3.05, 3.63) is 106 Å². The van der Waals surface area contributed by atoms with Gasteiger partial charge in [0.2, 0.25) is 5.56 Å². The summed E-state index contributed by atoms with van der Waals surface area (Å²) in [5.41, 5.74) is 3.99. The number of aromatic amines is 1. The number of benzene rings is 1. The highest BCUT2D eigenvalue weighted by atomic mass is 19.1. The van der Waals surface area contributed by atoms with E-state index >= 15 is 0 Å². The number of rotatable bonds is 6. The van der Waals surface area contributed by atoms with Crippen LogP contribution >= 0.6 is 0 Å². The second-order valence-electron chi connectivity index (χ2n) is 7.13. The van der Waals surface area contributed by atoms with Crippen LogP contribution in [0.25, 0.3) is 11.3 Å². The van der Waals surface area contributed by atoms with Crippen LogP contribution in [0.3, 0.4) is 0 Å². The lowest BCUT2D eigenvalue weighted by Gasteiger charge is -2.13. The number of hydrogen-bond donors (Lipinski definition) is 1. The Morgan fingerprint density at radius 2 is 1.87 bits per heavy atom. The quantitative estimate of drug-likeness (QED) is 0.533. The molecule has 30 heavy (non-hydrogen) atoms. The predicted octanol–water partition coefficient (Wildman–Crippen LogP) is 3.70. The van der Waals surface area contributed by atoms with Gasteiger partial charge in [-0.1, -0.05) is 19.1 Å². The molecule has 0 aliphatic heterocycles. The van der Waals surface area contributed by atoms with E-state index in [9.17, 15) is 9.18 Å². The van der Waals surface area contributed by atoms with Crippen LogP contribution in [-0.4, -0.2) is 24.9 Å². The van der Waals surface area contributed by atoms with E-state index in [2.05, 4.69) is 21.9 Å². The van der Waals surface area contributed by atoms with Crippen molar-refractivity contribution in [2.45, 2.75) is 25.7 Å². The normalized spacial score (nSPS) is 11.9. The fraction of sp³-hybridized carbons (Fsp3) is 0.174. The first kappa shape index (κ1) is 19.6. The molecule has 0 fully saturated rings. The standard InChI is InChI=1S/C23H20FN5O/c1-15(16-2-5-18(24)6-3-16)10-22-28-19(11-20-14-25-8-9-26-20)12-21(29-22)17-4-7-23(30)27-13-17/h2-9,12-15H,10-11H2,1H3,(H,27,30)/t15-/m1/s1. The molecule has 0 aliphatic rings. The molecule has 150 valence electrons. The van der Waals surface area contributed by atoms with E-state index in [1.54, 1.807) is 43.0 Å². The summed E-state index contributed by atoms with van der Waals surface area (Å²) in [5, 5.41) is 0. The Morgan fingerprint density at radius 1 is 1.03 bits per heavy atom. The minimum Gasteiger partial charge on any atom is -0.328 e. The maximum atomic E-state index is 13.2. The molecule has 0 bridgehead atoms. The van der Waals surface area contributed by atoms with Gasteiger partial charge in [-0.25, -0.2) is 14.4 Å². The van der Waals surface area contributed by atoms with Crippen LogP contribution in [-0.2, 0) is 12.8 Å². The fourth-order valence-electron chi connectivity index (χ4n) is 3.24. The molecule has 0 unspecified atom stereocenters. The number of nitrogens with one attached hydrogen (secondary N) is 1. The van der Waals surface area contributed by atoms with Gasteiger partial charge in [0.1, 0.15) is 11.6 Å². The van der Waals surface area contributed by atoms with E-state index < -0.39 is 0 Å². The van der Waals surface area contributed by atoms with Gasteiger partial charge >= 0.3 is 0 Å². The minimum atomic E-state index is -0.256. The number of halogens is 1. The van der Waals surface area contributed by atoms with Crippen molar-refractivity contribution in [3.63, 3.8) is 0 Å². The van der Waals surface area contributed by atoms with Gasteiger partial charge in [-0.05, 0) is 35.7 Å². The molecule has 1 N–H and O–H groups in total. The first-order valence-electron chi connectivity index (χ1n) is 9.63. The first-order chi connectivity index (χ1) is 14.6. The molecule has 4 rings (SSSR count). The first-order valence-corrected chi connectivity index (χ1v) is 9.63. The number of aromatic nitrogens is 5. The Labute approximate surface area is 172 Å². The highest BCUT2D eigenvalue weighted by Crippen LogP contribution is 2.22. The molecular formula is C23H20FN5O. The van der Waals surface area contributed by atoms with Gasteiger partial charge in [-0.15, -0.1) is 0 Å². The maximum Gasteiger partial charge on any atom is 0.247 e. The van der Waals surface area contributed by atoms with E-state index in [0.717, 1.165) is 28.2 Å². The van der Waals surface area contributed by atoms with Crippen molar-refractivity contribution in [2.75, 3.05) is 0 Å². The van der Waals surface area contributed by atoms with Crippen LogP contribution in [0, 0.1) is 5.82 Å². The summed E-state index contributed by atoms with van der Waals surface area (Å²) in [4.78, 5) is 32.0. The van der Waals surface area contributed by atoms with E-state index in [-0.39, 0.29) is 17.3 Å². The molecule has 0 aliphatic carbocycles. The summed E-state index contributed by atoms with van der Waals surface area (Å²) >= 11 is 0. The lowest BCUT2D eigenvalue weighted by Crippen LogP contribution is -2.08. The van der Waals surface area contributed by atoms with Crippen molar-refractivity contribution in [1.29, 1.82) is 0 Å². The SMILES string of the molecule is C[C@H](Cc1nc(Cc2cnccn2)cc(-c2ccc(=O)[nH]c2)n1)c1ccc(F)cc1. The van der Waals surface area contributed by atoms with E-state index in [1.807, 2.05) is 6.07 Å². The second-order valence-corrected chi connectivity index (χ2v) is 7.13. The van der Waals surface area contributed by atoms with Gasteiger partial charge in [0, 0.05) is 49.3 Å². The third-order valence-electron chi connectivity index (χ3n) is 4.81. The second kappa shape index (κ2) is 8.73. The molecule has 7 heteroatoms. The topological polar surface area (TPSA) is 84.4 Å². The third-order valence-corrected chi connectivity index (χ3v) is 4.81. The Kier molecular flexibility index (Phi) is 5.70. The Morgan fingerprint density at radius 3 is 2.57 bits per heavy atom. The zero-order valence-electron chi connectivity index (χ0n) is 16.4. The van der Waals surface area contributed by atoms with Gasteiger partial charge in [0.05, 0.1) is 17.1 Å². The molecule has 4 aromatic rings. The molecule has 0 saturated carbocycles. The van der Waals surface area contributed by atoms with Crippen molar-refractivity contribution in [3.8, 4) is 11.3 Å². The molecule has 0 saturated heterocycles. The molecular weight excluding hydrogens is 381 g/mol. The zero-order valence-corrected chi connectivity index (χ0v) is 16.4. The summed E-state index contributed by atoms with van der Waals surface area (Å²) in [7, 11) is 0. The molecule has 1 aromatic carbocycles. The predicted molar refractivity (Wildman–Crippen MR) is 111 cm³/mol. The Hall–Kier alpha value is -3.74. The largest absolute Gasteiger partial charge is 0.328 e. The van der Waals surface area contributed by atoms with Gasteiger partial charge in [0.25, 0.3) is 0 Å². The molecule has 1 atom stereocenters. The van der Waals surface area contributed by atoms with Crippen molar-refractivity contribution < 1.29 is 4.39 Å². The highest BCUT2D eigenvalue weighted by Gasteiger charge is 2.13. The lowest BCUT2D eigenvalue weighted by molar-refractivity contribution is 0.624. The number of nitrogens with zero attached hydrogens (tertiary/aromatic N) is 4. The van der Waals surface area contributed by atoms with Crippen LogP contribution in [0.1, 0.15) is 35.6 Å². The van der Waals surface area contributed by atoms with Gasteiger partial charge in [0.15, 0.2) is 0 Å². The van der Waals surface area contributed by atoms with Gasteiger partial charge in [-0.3, -0.25) is 14.8 Å². The molecule has 0 spiro atoms. The number of hydrogen-bond acceptors (Lipinski definition) is 5. The molecule has 0 amide bonds. The van der Waals surface area contributed by atoms with Crippen LogP contribution in [0.15, 0.2) is 72.0 Å². The number of pyridine rings is 1. The maximum absolute atomic E-state index is 13.2. The van der Waals surface area contributed by atoms with Crippen LogP contribution < -0.4 is 5.56 Å². The van der Waals surface area contributed by atoms with E-state index in [4.69, 9.17) is 9.97 Å². The van der Waals surface area contributed by atoms with Crippen molar-refractivity contribution in [2.24, 2.45) is 0 Å². The monoisotopic (exact) mass is 401 g/mol. The summed E-state index contributed by atoms with van der Waals surface area (Å²) in [5.74, 6) is 0.531. The average Bonchev–Trinajstić information content (AvgIpc) is 2.75. The Bertz CT molecular complexity index is 1170. The molecule has 3 aromatic heterocycles. The van der Waals surface area contributed by atoms with Gasteiger partial charge < -0.3 is 4.98 Å². The van der Waals surface area contributed by atoms with Crippen molar-refractivity contribution >= 4 is 0 Å². The highest BCUT2D eigenvalue weighted by molar-refractivity contribution is 5.58. The molecule has 3 heterocycles. The van der Waals surface area contributed by atoms with Crippen LogP contribution in [0.4, 0.5) is 4.39 Å². The molecule has 6 nitrogen and oxygen atoms in total. The van der Waals surface area contributed by atoms with Gasteiger partial charge in [-0.2, -0.15) is 0 Å². The van der Waals surface area contributed by atoms with E-state index in [1.165, 1.54) is 18.2 Å². The zero-order chi connectivity index (χ0) is 20.9. The minimum absolute atomic E-state index is 0.112. The lowest BCUT2D eigenvalue weighted by atomic mass is 9.97. The van der Waals surface area contributed by atoms with E-state index in [0.29, 0.717) is 18.7 Å². The van der Waals surface area contributed by atoms with Crippen LogP contribution in [0.2, 0.25) is 0 Å². The Balaban J connectivity index is 1.68. The molecule has 0 radical (unpaired) electrons. The van der Waals surface area contributed by atoms with Crippen LogP contribution in [0.5, 0.6) is 0 Å². The third kappa shape index (κ3) is 4.81. The van der Waals surface area contributed by atoms with Crippen molar-refractivity contribution in [1.82, 2.24) is 24.9 Å². The smallest absolute Gasteiger partial charge is 0.247 e. The summed E-state index contributed by atoms with van der Waals surface area (Å²) < 4.78 is 13.2. The summed E-state index contributed by atoms with van der Waals surface area (Å²) in [6, 6.07) is 11.6. The summed E-state index contributed by atoms with van der Waals surface area (Å²) in [6.07, 6.45) is 7.75.